The summed E-state index contributed by atoms with van der Waals surface area (Å²) in [6.45, 7) is 11.3. The van der Waals surface area contributed by atoms with Crippen LogP contribution in [0.25, 0.3) is 0 Å². The van der Waals surface area contributed by atoms with Crippen molar-refractivity contribution in [3.8, 4) is 0 Å². The second kappa shape index (κ2) is 7.35. The van der Waals surface area contributed by atoms with E-state index in [0.29, 0.717) is 0 Å². The molecule has 2 unspecified atom stereocenters. The average molecular weight is 279 g/mol. The zero-order valence-electron chi connectivity index (χ0n) is 13.1. The van der Waals surface area contributed by atoms with Crippen molar-refractivity contribution in [3.05, 3.63) is 35.4 Å². The molecular formula is C17H29NS. The number of thioether (sulfide) groups is 1. The third-order valence-electron chi connectivity index (χ3n) is 3.60. The van der Waals surface area contributed by atoms with Crippen LogP contribution in [0.4, 0.5) is 0 Å². The summed E-state index contributed by atoms with van der Waals surface area (Å²) in [5.74, 6) is 3.02. The first kappa shape index (κ1) is 16.6. The van der Waals surface area contributed by atoms with Crippen molar-refractivity contribution in [1.82, 2.24) is 0 Å². The highest BCUT2D eigenvalue weighted by molar-refractivity contribution is 7.99. The van der Waals surface area contributed by atoms with Crippen molar-refractivity contribution in [2.45, 2.75) is 52.5 Å². The molecule has 1 rings (SSSR count). The monoisotopic (exact) mass is 279 g/mol. The van der Waals surface area contributed by atoms with E-state index >= 15 is 0 Å². The Kier molecular flexibility index (Phi) is 6.41. The summed E-state index contributed by atoms with van der Waals surface area (Å²) < 4.78 is 0. The molecule has 0 aliphatic rings. The fraction of sp³-hybridized carbons (Fsp3) is 0.647. The maximum absolute atomic E-state index is 6.26. The Morgan fingerprint density at radius 3 is 2.16 bits per heavy atom. The van der Waals surface area contributed by atoms with Gasteiger partial charge in [-0.1, -0.05) is 65.3 Å². The summed E-state index contributed by atoms with van der Waals surface area (Å²) in [6, 6.07) is 8.97. The van der Waals surface area contributed by atoms with Gasteiger partial charge in [0.15, 0.2) is 0 Å². The maximum Gasteiger partial charge on any atom is 0.0386 e. The van der Waals surface area contributed by atoms with E-state index in [1.807, 2.05) is 11.8 Å². The van der Waals surface area contributed by atoms with E-state index in [9.17, 15) is 0 Å². The molecule has 0 bridgehead atoms. The Balaban J connectivity index is 2.51. The first-order valence-corrected chi connectivity index (χ1v) is 8.43. The lowest BCUT2D eigenvalue weighted by atomic mass is 9.86. The first-order chi connectivity index (χ1) is 8.84. The average Bonchev–Trinajstić information content (AvgIpc) is 2.37. The molecule has 0 aromatic heterocycles. The van der Waals surface area contributed by atoms with Gasteiger partial charge in [-0.05, 0) is 28.2 Å². The Bertz CT molecular complexity index is 364. The van der Waals surface area contributed by atoms with Crippen molar-refractivity contribution >= 4 is 11.8 Å². The van der Waals surface area contributed by atoms with E-state index in [1.54, 1.807) is 0 Å². The molecular weight excluding hydrogens is 250 g/mol. The van der Waals surface area contributed by atoms with Gasteiger partial charge in [0.1, 0.15) is 0 Å². The van der Waals surface area contributed by atoms with Gasteiger partial charge in [0.2, 0.25) is 0 Å². The van der Waals surface area contributed by atoms with E-state index in [-0.39, 0.29) is 11.5 Å². The zero-order chi connectivity index (χ0) is 14.5. The molecule has 0 spiro atoms. The fourth-order valence-corrected chi connectivity index (χ4v) is 3.06. The minimum absolute atomic E-state index is 0.156. The van der Waals surface area contributed by atoms with E-state index in [0.717, 1.165) is 11.7 Å². The van der Waals surface area contributed by atoms with Crippen LogP contribution in [0.5, 0.6) is 0 Å². The predicted molar refractivity (Wildman–Crippen MR) is 88.9 cm³/mol. The van der Waals surface area contributed by atoms with Crippen LogP contribution >= 0.6 is 11.8 Å². The van der Waals surface area contributed by atoms with E-state index in [4.69, 9.17) is 5.73 Å². The maximum atomic E-state index is 6.26. The Hall–Kier alpha value is -0.470. The summed E-state index contributed by atoms with van der Waals surface area (Å²) in [5, 5.41) is 0. The molecule has 0 saturated carbocycles. The number of hydrogen-bond donors (Lipinski definition) is 1. The molecule has 0 heterocycles. The molecule has 1 aromatic rings. The minimum Gasteiger partial charge on any atom is -0.323 e. The minimum atomic E-state index is 0.156. The lowest BCUT2D eigenvalue weighted by Gasteiger charge is -2.20. The lowest BCUT2D eigenvalue weighted by Crippen LogP contribution is -2.15. The quantitative estimate of drug-likeness (QED) is 0.812. The highest BCUT2D eigenvalue weighted by Crippen LogP contribution is 2.25. The largest absolute Gasteiger partial charge is 0.323 e. The summed E-state index contributed by atoms with van der Waals surface area (Å²) in [6.07, 6.45) is 1.25. The molecule has 0 fully saturated rings. The second-order valence-electron chi connectivity index (χ2n) is 6.53. The molecule has 2 N–H and O–H groups in total. The van der Waals surface area contributed by atoms with Gasteiger partial charge < -0.3 is 5.73 Å². The summed E-state index contributed by atoms with van der Waals surface area (Å²) in [7, 11) is 0. The topological polar surface area (TPSA) is 26.0 Å². The van der Waals surface area contributed by atoms with Gasteiger partial charge >= 0.3 is 0 Å². The van der Waals surface area contributed by atoms with E-state index in [1.165, 1.54) is 23.3 Å². The smallest absolute Gasteiger partial charge is 0.0386 e. The Morgan fingerprint density at radius 2 is 1.68 bits per heavy atom. The molecule has 108 valence electrons. The van der Waals surface area contributed by atoms with Crippen LogP contribution in [0.1, 0.15) is 58.2 Å². The standard InChI is InChI=1S/C17H29NS/c1-6-13(2)11-19-12-16(18)14-7-9-15(10-8-14)17(3,4)5/h7-10,13,16H,6,11-12,18H2,1-5H3. The van der Waals surface area contributed by atoms with Crippen molar-refractivity contribution in [2.24, 2.45) is 11.7 Å². The van der Waals surface area contributed by atoms with Gasteiger partial charge in [-0.2, -0.15) is 11.8 Å². The summed E-state index contributed by atoms with van der Waals surface area (Å²) in [4.78, 5) is 0. The molecule has 1 aromatic carbocycles. The molecule has 0 saturated heterocycles. The normalized spacial score (nSPS) is 15.3. The molecule has 2 atom stereocenters. The third-order valence-corrected chi connectivity index (χ3v) is 5.00. The summed E-state index contributed by atoms with van der Waals surface area (Å²) in [5.41, 5.74) is 9.10. The zero-order valence-corrected chi connectivity index (χ0v) is 13.9. The molecule has 0 radical (unpaired) electrons. The highest BCUT2D eigenvalue weighted by atomic mass is 32.2. The van der Waals surface area contributed by atoms with Gasteiger partial charge in [-0.3, -0.25) is 0 Å². The van der Waals surface area contributed by atoms with Crippen LogP contribution in [0, 0.1) is 5.92 Å². The fourth-order valence-electron chi connectivity index (χ4n) is 1.84. The number of hydrogen-bond acceptors (Lipinski definition) is 2. The van der Waals surface area contributed by atoms with Gasteiger partial charge in [0.25, 0.3) is 0 Å². The van der Waals surface area contributed by atoms with E-state index in [2.05, 4.69) is 58.9 Å². The van der Waals surface area contributed by atoms with Gasteiger partial charge in [0.05, 0.1) is 0 Å². The van der Waals surface area contributed by atoms with Crippen LogP contribution in [0.2, 0.25) is 0 Å². The van der Waals surface area contributed by atoms with Crippen molar-refractivity contribution in [2.75, 3.05) is 11.5 Å². The molecule has 0 aliphatic carbocycles. The number of rotatable bonds is 6. The lowest BCUT2D eigenvalue weighted by molar-refractivity contribution is 0.589. The van der Waals surface area contributed by atoms with Crippen LogP contribution in [-0.2, 0) is 5.41 Å². The van der Waals surface area contributed by atoms with E-state index < -0.39 is 0 Å². The molecule has 2 heteroatoms. The predicted octanol–water partition coefficient (Wildman–Crippen LogP) is 4.76. The first-order valence-electron chi connectivity index (χ1n) is 7.28. The molecule has 1 nitrogen and oxygen atoms in total. The van der Waals surface area contributed by atoms with Crippen molar-refractivity contribution in [1.29, 1.82) is 0 Å². The molecule has 0 amide bonds. The second-order valence-corrected chi connectivity index (χ2v) is 7.60. The number of benzene rings is 1. The number of nitrogens with two attached hydrogens (primary N) is 1. The Morgan fingerprint density at radius 1 is 1.11 bits per heavy atom. The highest BCUT2D eigenvalue weighted by Gasteiger charge is 2.14. The SMILES string of the molecule is CCC(C)CSCC(N)c1ccc(C(C)(C)C)cc1. The van der Waals surface area contributed by atoms with Gasteiger partial charge in [-0.15, -0.1) is 0 Å². The molecule has 0 aliphatic heterocycles. The third kappa shape index (κ3) is 5.58. The van der Waals surface area contributed by atoms with Crippen LogP contribution in [0.3, 0.4) is 0 Å². The van der Waals surface area contributed by atoms with Crippen molar-refractivity contribution < 1.29 is 0 Å². The van der Waals surface area contributed by atoms with Gasteiger partial charge in [0, 0.05) is 11.8 Å². The van der Waals surface area contributed by atoms with Crippen LogP contribution in [-0.4, -0.2) is 11.5 Å². The van der Waals surface area contributed by atoms with Crippen LogP contribution < -0.4 is 5.73 Å². The Labute approximate surface area is 123 Å². The summed E-state index contributed by atoms with van der Waals surface area (Å²) >= 11 is 1.97. The van der Waals surface area contributed by atoms with Crippen LogP contribution in [0.15, 0.2) is 24.3 Å². The van der Waals surface area contributed by atoms with Gasteiger partial charge in [-0.25, -0.2) is 0 Å². The molecule has 19 heavy (non-hydrogen) atoms. The van der Waals surface area contributed by atoms with Crippen molar-refractivity contribution in [3.63, 3.8) is 0 Å².